The van der Waals surface area contributed by atoms with E-state index in [1.54, 1.807) is 24.3 Å². The largest absolute Gasteiger partial charge is 0.207 e. The molecule has 0 saturated carbocycles. The van der Waals surface area contributed by atoms with Gasteiger partial charge < -0.3 is 0 Å². The molecule has 0 spiro atoms. The van der Waals surface area contributed by atoms with Gasteiger partial charge in [-0.3, -0.25) is 0 Å². The van der Waals surface area contributed by atoms with Gasteiger partial charge >= 0.3 is 0 Å². The molecule has 1 atom stereocenters. The first-order valence-corrected chi connectivity index (χ1v) is 11.0. The fraction of sp³-hybridized carbons (Fsp3) is 0.286. The van der Waals surface area contributed by atoms with Gasteiger partial charge in [0.25, 0.3) is 0 Å². The van der Waals surface area contributed by atoms with Crippen LogP contribution in [0.25, 0.3) is 0 Å². The molecular weight excluding hydrogens is 412 g/mol. The van der Waals surface area contributed by atoms with Crippen molar-refractivity contribution in [3.8, 4) is 11.8 Å². The summed E-state index contributed by atoms with van der Waals surface area (Å²) >= 11 is 0. The lowest BCUT2D eigenvalue weighted by molar-refractivity contribution is 0.480. The summed E-state index contributed by atoms with van der Waals surface area (Å²) in [4.78, 5) is 0. The van der Waals surface area contributed by atoms with Crippen LogP contribution in [0.3, 0.4) is 0 Å². The van der Waals surface area contributed by atoms with Gasteiger partial charge in [0.2, 0.25) is 0 Å². The Balaban J connectivity index is 1.57. The van der Waals surface area contributed by atoms with E-state index in [2.05, 4.69) is 11.8 Å². The van der Waals surface area contributed by atoms with Gasteiger partial charge in [0, 0.05) is 11.1 Å². The van der Waals surface area contributed by atoms with Crippen molar-refractivity contribution >= 4 is 0 Å². The Kier molecular flexibility index (Phi) is 6.65. The number of hydrogen-bond acceptors (Lipinski definition) is 0. The van der Waals surface area contributed by atoms with Crippen molar-refractivity contribution in [2.75, 3.05) is 0 Å². The number of aryl methyl sites for hydroxylation is 1. The van der Waals surface area contributed by atoms with Crippen LogP contribution in [0, 0.1) is 35.1 Å². The molecule has 1 unspecified atom stereocenters. The quantitative estimate of drug-likeness (QED) is 0.298. The SMILES string of the molecule is CCCCc1cc(F)c(C2CCc3c(ccc(C#Cc4ccc(F)cc4)c3F)C2)c(F)c1. The van der Waals surface area contributed by atoms with Crippen LogP contribution in [0.2, 0.25) is 0 Å². The van der Waals surface area contributed by atoms with E-state index in [4.69, 9.17) is 0 Å². The average molecular weight is 436 g/mol. The summed E-state index contributed by atoms with van der Waals surface area (Å²) in [6, 6.07) is 12.0. The molecule has 1 aliphatic rings. The van der Waals surface area contributed by atoms with Crippen LogP contribution in [0.15, 0.2) is 48.5 Å². The maximum Gasteiger partial charge on any atom is 0.142 e. The minimum atomic E-state index is -0.508. The summed E-state index contributed by atoms with van der Waals surface area (Å²) in [6.45, 7) is 2.04. The highest BCUT2D eigenvalue weighted by Crippen LogP contribution is 2.37. The van der Waals surface area contributed by atoms with E-state index in [0.29, 0.717) is 42.4 Å². The molecule has 3 aromatic rings. The topological polar surface area (TPSA) is 0 Å². The fourth-order valence-corrected chi connectivity index (χ4v) is 4.38. The second kappa shape index (κ2) is 9.61. The van der Waals surface area contributed by atoms with Gasteiger partial charge in [0.1, 0.15) is 23.3 Å². The molecule has 4 heteroatoms. The molecular formula is C28H24F4. The molecule has 0 radical (unpaired) electrons. The van der Waals surface area contributed by atoms with Crippen LogP contribution in [-0.4, -0.2) is 0 Å². The molecule has 32 heavy (non-hydrogen) atoms. The molecule has 0 amide bonds. The van der Waals surface area contributed by atoms with E-state index in [1.165, 1.54) is 24.3 Å². The molecule has 0 saturated heterocycles. The standard InChI is InChI=1S/C28H24F4/c1-2-3-4-19-15-25(30)27(26(31)16-19)22-11-14-24-21(17-22)10-9-20(28(24)32)8-5-18-6-12-23(29)13-7-18/h6-7,9-10,12-13,15-16,22H,2-4,11,14,17H2,1H3. The molecule has 0 bridgehead atoms. The maximum absolute atomic E-state index is 15.1. The molecule has 0 aliphatic heterocycles. The number of unbranched alkanes of at least 4 members (excludes halogenated alkanes) is 1. The third-order valence-corrected chi connectivity index (χ3v) is 6.10. The predicted octanol–water partition coefficient (Wildman–Crippen LogP) is 7.26. The van der Waals surface area contributed by atoms with E-state index >= 15 is 4.39 Å². The van der Waals surface area contributed by atoms with Crippen molar-refractivity contribution < 1.29 is 17.6 Å². The number of fused-ring (bicyclic) bond motifs is 1. The minimum Gasteiger partial charge on any atom is -0.207 e. The Morgan fingerprint density at radius 1 is 0.906 bits per heavy atom. The minimum absolute atomic E-state index is 0.108. The maximum atomic E-state index is 15.1. The Morgan fingerprint density at radius 3 is 2.31 bits per heavy atom. The highest BCUT2D eigenvalue weighted by Gasteiger charge is 2.28. The van der Waals surface area contributed by atoms with E-state index in [-0.39, 0.29) is 28.7 Å². The summed E-state index contributed by atoms with van der Waals surface area (Å²) in [6.07, 6.45) is 3.77. The van der Waals surface area contributed by atoms with Crippen LogP contribution in [-0.2, 0) is 19.3 Å². The van der Waals surface area contributed by atoms with Gasteiger partial charge in [-0.1, -0.05) is 31.3 Å². The number of hydrogen-bond donors (Lipinski definition) is 0. The van der Waals surface area contributed by atoms with E-state index in [0.717, 1.165) is 18.4 Å². The van der Waals surface area contributed by atoms with Gasteiger partial charge in [-0.25, -0.2) is 17.6 Å². The fourth-order valence-electron chi connectivity index (χ4n) is 4.38. The Bertz CT molecular complexity index is 1160. The molecule has 0 aromatic heterocycles. The van der Waals surface area contributed by atoms with Gasteiger partial charge in [0.15, 0.2) is 0 Å². The molecule has 164 valence electrons. The van der Waals surface area contributed by atoms with Crippen LogP contribution in [0.1, 0.15) is 65.5 Å². The van der Waals surface area contributed by atoms with Crippen molar-refractivity contribution in [2.45, 2.75) is 51.4 Å². The second-order valence-corrected chi connectivity index (χ2v) is 8.34. The Hall–Kier alpha value is -3.06. The molecule has 0 nitrogen and oxygen atoms in total. The van der Waals surface area contributed by atoms with E-state index in [1.807, 2.05) is 6.92 Å². The van der Waals surface area contributed by atoms with Crippen LogP contribution >= 0.6 is 0 Å². The van der Waals surface area contributed by atoms with Crippen molar-refractivity contribution in [3.05, 3.63) is 105 Å². The number of halogens is 4. The van der Waals surface area contributed by atoms with Crippen LogP contribution in [0.5, 0.6) is 0 Å². The summed E-state index contributed by atoms with van der Waals surface area (Å²) in [5, 5.41) is 0. The van der Waals surface area contributed by atoms with E-state index in [9.17, 15) is 13.2 Å². The zero-order valence-electron chi connectivity index (χ0n) is 18.0. The third kappa shape index (κ3) is 4.72. The lowest BCUT2D eigenvalue weighted by Crippen LogP contribution is -2.17. The van der Waals surface area contributed by atoms with Crippen molar-refractivity contribution in [2.24, 2.45) is 0 Å². The average Bonchev–Trinajstić information content (AvgIpc) is 2.78. The van der Waals surface area contributed by atoms with Crippen molar-refractivity contribution in [1.82, 2.24) is 0 Å². The summed E-state index contributed by atoms with van der Waals surface area (Å²) in [5.74, 6) is 3.59. The highest BCUT2D eigenvalue weighted by molar-refractivity contribution is 5.48. The molecule has 3 aromatic carbocycles. The lowest BCUT2D eigenvalue weighted by atomic mass is 9.79. The monoisotopic (exact) mass is 436 g/mol. The van der Waals surface area contributed by atoms with Crippen molar-refractivity contribution in [3.63, 3.8) is 0 Å². The number of rotatable bonds is 4. The molecule has 4 rings (SSSR count). The molecule has 0 fully saturated rings. The van der Waals surface area contributed by atoms with Gasteiger partial charge in [-0.05, 0) is 97.2 Å². The summed E-state index contributed by atoms with van der Waals surface area (Å²) in [5.41, 5.74) is 2.97. The summed E-state index contributed by atoms with van der Waals surface area (Å²) in [7, 11) is 0. The summed E-state index contributed by atoms with van der Waals surface area (Å²) < 4.78 is 57.6. The van der Waals surface area contributed by atoms with Gasteiger partial charge in [-0.15, -0.1) is 0 Å². The molecule has 0 heterocycles. The second-order valence-electron chi connectivity index (χ2n) is 8.34. The smallest absolute Gasteiger partial charge is 0.142 e. The normalized spacial score (nSPS) is 15.1. The first-order chi connectivity index (χ1) is 15.5. The lowest BCUT2D eigenvalue weighted by Gasteiger charge is -2.26. The zero-order valence-corrected chi connectivity index (χ0v) is 18.0. The molecule has 0 N–H and O–H groups in total. The van der Waals surface area contributed by atoms with Gasteiger partial charge in [-0.2, -0.15) is 0 Å². The third-order valence-electron chi connectivity index (χ3n) is 6.10. The Labute approximate surface area is 186 Å². The first-order valence-electron chi connectivity index (χ1n) is 11.0. The zero-order chi connectivity index (χ0) is 22.7. The highest BCUT2D eigenvalue weighted by atomic mass is 19.1. The first kappa shape index (κ1) is 22.1. The van der Waals surface area contributed by atoms with E-state index < -0.39 is 11.6 Å². The predicted molar refractivity (Wildman–Crippen MR) is 119 cm³/mol. The number of benzene rings is 3. The van der Waals surface area contributed by atoms with Crippen molar-refractivity contribution in [1.29, 1.82) is 0 Å². The van der Waals surface area contributed by atoms with Gasteiger partial charge in [0.05, 0.1) is 5.56 Å². The molecule has 1 aliphatic carbocycles. The Morgan fingerprint density at radius 2 is 1.62 bits per heavy atom. The van der Waals surface area contributed by atoms with Crippen LogP contribution in [0.4, 0.5) is 17.6 Å². The van der Waals surface area contributed by atoms with Crippen LogP contribution < -0.4 is 0 Å².